The van der Waals surface area contributed by atoms with Gasteiger partial charge in [-0.2, -0.15) is 0 Å². The first-order valence-electron chi connectivity index (χ1n) is 6.25. The van der Waals surface area contributed by atoms with E-state index in [-0.39, 0.29) is 11.6 Å². The first-order valence-corrected chi connectivity index (χ1v) is 6.25. The number of aromatic nitrogens is 1. The number of carboxylic acids is 1. The van der Waals surface area contributed by atoms with Gasteiger partial charge in [-0.05, 0) is 30.2 Å². The summed E-state index contributed by atoms with van der Waals surface area (Å²) in [4.78, 5) is 24.4. The summed E-state index contributed by atoms with van der Waals surface area (Å²) in [6.45, 7) is 1.70. The fraction of sp³-hybridized carbons (Fsp3) is 0.0667. The maximum atomic E-state index is 10.6. The van der Waals surface area contributed by atoms with Crippen LogP contribution in [0.15, 0.2) is 48.7 Å². The topological polar surface area (TPSA) is 103 Å². The predicted octanol–water partition coefficient (Wildman–Crippen LogP) is 3.27. The predicted molar refractivity (Wildman–Crippen MR) is 78.7 cm³/mol. The van der Waals surface area contributed by atoms with Crippen molar-refractivity contribution in [2.75, 3.05) is 0 Å². The quantitative estimate of drug-likeness (QED) is 0.516. The monoisotopic (exact) mass is 300 g/mol. The minimum Gasteiger partial charge on any atom is -0.478 e. The molecule has 0 saturated carbocycles. The SMILES string of the molecule is C/C(=C/C(=O)O)c1ccc(Oc2ccc([N+](=O)[O-])cn2)cc1. The molecule has 22 heavy (non-hydrogen) atoms. The smallest absolute Gasteiger partial charge is 0.328 e. The molecule has 1 heterocycles. The summed E-state index contributed by atoms with van der Waals surface area (Å²) in [5.41, 5.74) is 1.26. The van der Waals surface area contributed by atoms with Gasteiger partial charge in [0.05, 0.1) is 4.92 Å². The minimum absolute atomic E-state index is 0.114. The van der Waals surface area contributed by atoms with Crippen molar-refractivity contribution >= 4 is 17.2 Å². The number of carboxylic acid groups (broad SMARTS) is 1. The zero-order valence-electron chi connectivity index (χ0n) is 11.6. The van der Waals surface area contributed by atoms with Gasteiger partial charge in [-0.15, -0.1) is 0 Å². The van der Waals surface area contributed by atoms with Crippen LogP contribution in [0.5, 0.6) is 11.6 Å². The minimum atomic E-state index is -1.01. The molecule has 2 rings (SSSR count). The number of nitro groups is 1. The number of ether oxygens (including phenoxy) is 1. The third-order valence-corrected chi connectivity index (χ3v) is 2.80. The summed E-state index contributed by atoms with van der Waals surface area (Å²) in [6.07, 6.45) is 2.23. The van der Waals surface area contributed by atoms with Crippen molar-refractivity contribution in [1.29, 1.82) is 0 Å². The Kier molecular flexibility index (Phi) is 4.47. The number of aliphatic carboxylic acids is 1. The van der Waals surface area contributed by atoms with Crippen LogP contribution in [0.3, 0.4) is 0 Å². The van der Waals surface area contributed by atoms with Crippen LogP contribution in [-0.2, 0) is 4.79 Å². The molecule has 7 heteroatoms. The van der Waals surface area contributed by atoms with Gasteiger partial charge in [-0.1, -0.05) is 12.1 Å². The number of pyridine rings is 1. The summed E-state index contributed by atoms with van der Waals surface area (Å²) in [7, 11) is 0. The molecule has 1 aromatic heterocycles. The van der Waals surface area contributed by atoms with Crippen LogP contribution < -0.4 is 4.74 Å². The standard InChI is InChI=1S/C15H12N2O5/c1-10(8-15(18)19)11-2-5-13(6-3-11)22-14-7-4-12(9-16-14)17(20)21/h2-9H,1H3,(H,18,19)/b10-8-. The molecule has 0 fully saturated rings. The summed E-state index contributed by atoms with van der Waals surface area (Å²) in [5.74, 6) is -0.280. The van der Waals surface area contributed by atoms with Crippen molar-refractivity contribution in [3.05, 3.63) is 64.3 Å². The molecule has 0 bridgehead atoms. The van der Waals surface area contributed by atoms with E-state index in [1.165, 1.54) is 12.1 Å². The van der Waals surface area contributed by atoms with Crippen molar-refractivity contribution in [1.82, 2.24) is 4.98 Å². The molecule has 0 aliphatic heterocycles. The number of hydrogen-bond acceptors (Lipinski definition) is 5. The fourth-order valence-corrected chi connectivity index (χ4v) is 1.72. The van der Waals surface area contributed by atoms with Crippen molar-refractivity contribution in [2.45, 2.75) is 6.92 Å². The molecule has 1 N–H and O–H groups in total. The normalized spacial score (nSPS) is 11.0. The van der Waals surface area contributed by atoms with Gasteiger partial charge >= 0.3 is 5.97 Å². The van der Waals surface area contributed by atoms with Crippen LogP contribution >= 0.6 is 0 Å². The summed E-state index contributed by atoms with van der Waals surface area (Å²) in [6, 6.07) is 9.47. The van der Waals surface area contributed by atoms with E-state index in [2.05, 4.69) is 4.98 Å². The summed E-state index contributed by atoms with van der Waals surface area (Å²) in [5, 5.41) is 19.2. The van der Waals surface area contributed by atoms with Gasteiger partial charge in [-0.25, -0.2) is 9.78 Å². The maximum absolute atomic E-state index is 10.6. The molecule has 1 aromatic carbocycles. The Balaban J connectivity index is 2.11. The third-order valence-electron chi connectivity index (χ3n) is 2.80. The number of allylic oxidation sites excluding steroid dienone is 1. The van der Waals surface area contributed by atoms with E-state index >= 15 is 0 Å². The lowest BCUT2D eigenvalue weighted by Crippen LogP contribution is -1.92. The van der Waals surface area contributed by atoms with Crippen LogP contribution in [0.25, 0.3) is 5.57 Å². The Morgan fingerprint density at radius 3 is 2.45 bits per heavy atom. The largest absolute Gasteiger partial charge is 0.478 e. The van der Waals surface area contributed by atoms with Crippen LogP contribution in [0.2, 0.25) is 0 Å². The molecule has 7 nitrogen and oxygen atoms in total. The highest BCUT2D eigenvalue weighted by molar-refractivity contribution is 5.89. The van der Waals surface area contributed by atoms with Crippen molar-refractivity contribution in [2.24, 2.45) is 0 Å². The van der Waals surface area contributed by atoms with Gasteiger partial charge in [0.15, 0.2) is 0 Å². The van der Waals surface area contributed by atoms with Gasteiger partial charge in [0, 0.05) is 18.2 Å². The highest BCUT2D eigenvalue weighted by Crippen LogP contribution is 2.23. The van der Waals surface area contributed by atoms with Gasteiger partial charge in [0.1, 0.15) is 11.9 Å². The van der Waals surface area contributed by atoms with Gasteiger partial charge in [0.2, 0.25) is 5.88 Å². The Labute approximate surface area is 125 Å². The molecule has 0 spiro atoms. The molecule has 0 amide bonds. The molecule has 0 unspecified atom stereocenters. The van der Waals surface area contributed by atoms with Crippen molar-refractivity contribution in [3.63, 3.8) is 0 Å². The van der Waals surface area contributed by atoms with Crippen LogP contribution in [0.4, 0.5) is 5.69 Å². The fourth-order valence-electron chi connectivity index (χ4n) is 1.72. The third kappa shape index (κ3) is 3.89. The first kappa shape index (κ1) is 15.2. The second-order valence-corrected chi connectivity index (χ2v) is 4.40. The summed E-state index contributed by atoms with van der Waals surface area (Å²) < 4.78 is 5.46. The maximum Gasteiger partial charge on any atom is 0.328 e. The lowest BCUT2D eigenvalue weighted by atomic mass is 10.1. The van der Waals surface area contributed by atoms with E-state index in [4.69, 9.17) is 9.84 Å². The molecule has 0 aliphatic carbocycles. The molecular formula is C15H12N2O5. The van der Waals surface area contributed by atoms with Crippen LogP contribution in [0.1, 0.15) is 12.5 Å². The molecule has 0 atom stereocenters. The zero-order valence-corrected chi connectivity index (χ0v) is 11.6. The second kappa shape index (κ2) is 6.49. The molecule has 112 valence electrons. The van der Waals surface area contributed by atoms with Gasteiger partial charge in [0.25, 0.3) is 5.69 Å². The molecule has 0 aliphatic rings. The van der Waals surface area contributed by atoms with Crippen LogP contribution in [0, 0.1) is 10.1 Å². The van der Waals surface area contributed by atoms with Crippen LogP contribution in [-0.4, -0.2) is 21.0 Å². The number of carbonyl (C=O) groups is 1. The average Bonchev–Trinajstić information content (AvgIpc) is 2.48. The van der Waals surface area contributed by atoms with E-state index in [1.807, 2.05) is 0 Å². The second-order valence-electron chi connectivity index (χ2n) is 4.40. The Morgan fingerprint density at radius 1 is 1.27 bits per heavy atom. The number of rotatable bonds is 5. The molecule has 0 saturated heterocycles. The van der Waals surface area contributed by atoms with E-state index in [9.17, 15) is 14.9 Å². The Morgan fingerprint density at radius 2 is 1.95 bits per heavy atom. The van der Waals surface area contributed by atoms with E-state index in [0.29, 0.717) is 11.3 Å². The molecular weight excluding hydrogens is 288 g/mol. The van der Waals surface area contributed by atoms with E-state index in [1.54, 1.807) is 31.2 Å². The highest BCUT2D eigenvalue weighted by atomic mass is 16.6. The van der Waals surface area contributed by atoms with E-state index in [0.717, 1.165) is 17.8 Å². The molecule has 0 radical (unpaired) electrons. The van der Waals surface area contributed by atoms with Crippen molar-refractivity contribution in [3.8, 4) is 11.6 Å². The number of benzene rings is 1. The number of nitrogens with zero attached hydrogens (tertiary/aromatic N) is 2. The van der Waals surface area contributed by atoms with Gasteiger partial charge < -0.3 is 9.84 Å². The first-order chi connectivity index (χ1) is 10.5. The average molecular weight is 300 g/mol. The van der Waals surface area contributed by atoms with E-state index < -0.39 is 10.9 Å². The zero-order chi connectivity index (χ0) is 16.1. The lowest BCUT2D eigenvalue weighted by molar-refractivity contribution is -0.385. The Hall–Kier alpha value is -3.22. The Bertz CT molecular complexity index is 721. The molecule has 2 aromatic rings. The summed E-state index contributed by atoms with van der Waals surface area (Å²) >= 11 is 0. The lowest BCUT2D eigenvalue weighted by Gasteiger charge is -2.06. The highest BCUT2D eigenvalue weighted by Gasteiger charge is 2.06. The van der Waals surface area contributed by atoms with Gasteiger partial charge in [-0.3, -0.25) is 10.1 Å². The number of hydrogen-bond donors (Lipinski definition) is 1. The van der Waals surface area contributed by atoms with Crippen molar-refractivity contribution < 1.29 is 19.6 Å².